The predicted molar refractivity (Wildman–Crippen MR) is 92.7 cm³/mol. The van der Waals surface area contributed by atoms with Crippen molar-refractivity contribution in [2.45, 2.75) is 90.6 Å². The first-order chi connectivity index (χ1) is 10.2. The SMILES string of the molecule is CCCC1CN(CCCC(C)C)C(C2CCCCC2)CN1. The topological polar surface area (TPSA) is 15.3 Å². The van der Waals surface area contributed by atoms with Crippen LogP contribution in [0.25, 0.3) is 0 Å². The van der Waals surface area contributed by atoms with Gasteiger partial charge in [0.05, 0.1) is 0 Å². The van der Waals surface area contributed by atoms with Gasteiger partial charge in [0.15, 0.2) is 0 Å². The lowest BCUT2D eigenvalue weighted by molar-refractivity contribution is 0.0675. The van der Waals surface area contributed by atoms with Gasteiger partial charge >= 0.3 is 0 Å². The summed E-state index contributed by atoms with van der Waals surface area (Å²) in [7, 11) is 0. The first-order valence-electron chi connectivity index (χ1n) is 9.68. The molecule has 21 heavy (non-hydrogen) atoms. The van der Waals surface area contributed by atoms with Crippen LogP contribution in [0, 0.1) is 11.8 Å². The number of nitrogens with one attached hydrogen (secondary N) is 1. The van der Waals surface area contributed by atoms with Crippen molar-refractivity contribution < 1.29 is 0 Å². The van der Waals surface area contributed by atoms with Gasteiger partial charge in [-0.3, -0.25) is 4.90 Å². The summed E-state index contributed by atoms with van der Waals surface area (Å²) in [4.78, 5) is 2.87. The highest BCUT2D eigenvalue weighted by atomic mass is 15.2. The minimum atomic E-state index is 0.744. The first kappa shape index (κ1) is 17.3. The van der Waals surface area contributed by atoms with Crippen LogP contribution in [0.2, 0.25) is 0 Å². The van der Waals surface area contributed by atoms with Crippen LogP contribution >= 0.6 is 0 Å². The maximum absolute atomic E-state index is 3.85. The van der Waals surface area contributed by atoms with Crippen molar-refractivity contribution in [1.29, 1.82) is 0 Å². The second-order valence-corrected chi connectivity index (χ2v) is 7.89. The molecule has 0 aromatic carbocycles. The van der Waals surface area contributed by atoms with Crippen LogP contribution < -0.4 is 5.32 Å². The maximum atomic E-state index is 3.85. The fraction of sp³-hybridized carbons (Fsp3) is 1.00. The zero-order valence-corrected chi connectivity index (χ0v) is 14.7. The summed E-state index contributed by atoms with van der Waals surface area (Å²) in [5, 5.41) is 3.85. The number of hydrogen-bond acceptors (Lipinski definition) is 2. The molecule has 2 rings (SSSR count). The maximum Gasteiger partial charge on any atom is 0.0249 e. The number of nitrogens with zero attached hydrogens (tertiary/aromatic N) is 1. The van der Waals surface area contributed by atoms with Crippen molar-refractivity contribution in [3.8, 4) is 0 Å². The van der Waals surface area contributed by atoms with Crippen LogP contribution in [0.15, 0.2) is 0 Å². The van der Waals surface area contributed by atoms with Gasteiger partial charge in [0.1, 0.15) is 0 Å². The largest absolute Gasteiger partial charge is 0.311 e. The van der Waals surface area contributed by atoms with Crippen molar-refractivity contribution in [3.63, 3.8) is 0 Å². The molecule has 1 heterocycles. The summed E-state index contributed by atoms with van der Waals surface area (Å²) in [6.45, 7) is 10.9. The van der Waals surface area contributed by atoms with Crippen LogP contribution in [0.1, 0.15) is 78.6 Å². The van der Waals surface area contributed by atoms with Crippen molar-refractivity contribution in [2.75, 3.05) is 19.6 Å². The van der Waals surface area contributed by atoms with Crippen LogP contribution in [0.4, 0.5) is 0 Å². The third-order valence-electron chi connectivity index (χ3n) is 5.60. The Bertz CT molecular complexity index is 271. The smallest absolute Gasteiger partial charge is 0.0249 e. The Morgan fingerprint density at radius 1 is 1.14 bits per heavy atom. The van der Waals surface area contributed by atoms with Gasteiger partial charge in [-0.15, -0.1) is 0 Å². The molecule has 124 valence electrons. The quantitative estimate of drug-likeness (QED) is 0.746. The molecular weight excluding hydrogens is 256 g/mol. The molecule has 2 aliphatic rings. The van der Waals surface area contributed by atoms with E-state index in [1.54, 1.807) is 0 Å². The van der Waals surface area contributed by atoms with Gasteiger partial charge in [0, 0.05) is 25.2 Å². The molecule has 0 spiro atoms. The molecule has 2 unspecified atom stereocenters. The van der Waals surface area contributed by atoms with Crippen LogP contribution in [-0.2, 0) is 0 Å². The van der Waals surface area contributed by atoms with E-state index in [1.807, 2.05) is 0 Å². The molecule has 2 atom stereocenters. The van der Waals surface area contributed by atoms with E-state index in [4.69, 9.17) is 0 Å². The summed E-state index contributed by atoms with van der Waals surface area (Å²) in [6, 6.07) is 1.57. The molecule has 0 aromatic rings. The Morgan fingerprint density at radius 3 is 2.57 bits per heavy atom. The van der Waals surface area contributed by atoms with Gasteiger partial charge < -0.3 is 5.32 Å². The minimum Gasteiger partial charge on any atom is -0.311 e. The highest BCUT2D eigenvalue weighted by molar-refractivity contribution is 4.90. The molecule has 0 bridgehead atoms. The lowest BCUT2D eigenvalue weighted by Crippen LogP contribution is -2.59. The average Bonchev–Trinajstić information content (AvgIpc) is 2.48. The standard InChI is InChI=1S/C19H38N2/c1-4-9-18-15-21(13-8-10-16(2)3)19(14-20-18)17-11-6-5-7-12-17/h16-20H,4-15H2,1-3H3. The zero-order chi connectivity index (χ0) is 15.1. The Hall–Kier alpha value is -0.0800. The van der Waals surface area contributed by atoms with Gasteiger partial charge in [-0.05, 0) is 50.5 Å². The second kappa shape index (κ2) is 9.15. The van der Waals surface area contributed by atoms with E-state index in [1.165, 1.54) is 77.4 Å². The van der Waals surface area contributed by atoms with Gasteiger partial charge in [-0.2, -0.15) is 0 Å². The van der Waals surface area contributed by atoms with E-state index < -0.39 is 0 Å². The molecule has 0 radical (unpaired) electrons. The van der Waals surface area contributed by atoms with Crippen LogP contribution in [0.5, 0.6) is 0 Å². The average molecular weight is 295 g/mol. The van der Waals surface area contributed by atoms with E-state index in [9.17, 15) is 0 Å². The lowest BCUT2D eigenvalue weighted by atomic mass is 9.82. The van der Waals surface area contributed by atoms with Gasteiger partial charge in [-0.1, -0.05) is 46.5 Å². The Kier molecular flexibility index (Phi) is 7.53. The molecule has 2 heteroatoms. The van der Waals surface area contributed by atoms with E-state index >= 15 is 0 Å². The Labute approximate surface area is 133 Å². The molecule has 1 saturated carbocycles. The predicted octanol–water partition coefficient (Wildman–Crippen LogP) is 4.45. The molecule has 1 aliphatic carbocycles. The molecule has 1 saturated heterocycles. The molecule has 2 fully saturated rings. The highest BCUT2D eigenvalue weighted by Crippen LogP contribution is 2.30. The summed E-state index contributed by atoms with van der Waals surface area (Å²) in [5.74, 6) is 1.82. The first-order valence-corrected chi connectivity index (χ1v) is 9.68. The van der Waals surface area contributed by atoms with Crippen molar-refractivity contribution in [1.82, 2.24) is 10.2 Å². The highest BCUT2D eigenvalue weighted by Gasteiger charge is 2.33. The minimum absolute atomic E-state index is 0.744. The van der Waals surface area contributed by atoms with Gasteiger partial charge in [0.25, 0.3) is 0 Å². The second-order valence-electron chi connectivity index (χ2n) is 7.89. The molecular formula is C19H38N2. The summed E-state index contributed by atoms with van der Waals surface area (Å²) < 4.78 is 0. The number of rotatable bonds is 7. The van der Waals surface area contributed by atoms with E-state index in [-0.39, 0.29) is 0 Å². The molecule has 1 aliphatic heterocycles. The molecule has 2 nitrogen and oxygen atoms in total. The van der Waals surface area contributed by atoms with E-state index in [2.05, 4.69) is 31.0 Å². The Balaban J connectivity index is 1.88. The summed E-state index contributed by atoms with van der Waals surface area (Å²) in [6.07, 6.45) is 12.8. The van der Waals surface area contributed by atoms with E-state index in [0.717, 1.165) is 23.9 Å². The third-order valence-corrected chi connectivity index (χ3v) is 5.60. The Morgan fingerprint density at radius 2 is 1.90 bits per heavy atom. The summed E-state index contributed by atoms with van der Waals surface area (Å²) in [5.41, 5.74) is 0. The van der Waals surface area contributed by atoms with Crippen LogP contribution in [0.3, 0.4) is 0 Å². The van der Waals surface area contributed by atoms with Crippen molar-refractivity contribution in [3.05, 3.63) is 0 Å². The molecule has 0 amide bonds. The molecule has 0 aromatic heterocycles. The van der Waals surface area contributed by atoms with Crippen molar-refractivity contribution in [2.24, 2.45) is 11.8 Å². The normalized spacial score (nSPS) is 29.1. The fourth-order valence-corrected chi connectivity index (χ4v) is 4.38. The number of hydrogen-bond donors (Lipinski definition) is 1. The fourth-order valence-electron chi connectivity index (χ4n) is 4.38. The third kappa shape index (κ3) is 5.56. The van der Waals surface area contributed by atoms with Crippen LogP contribution in [-0.4, -0.2) is 36.6 Å². The molecule has 1 N–H and O–H groups in total. The van der Waals surface area contributed by atoms with Gasteiger partial charge in [-0.25, -0.2) is 0 Å². The lowest BCUT2D eigenvalue weighted by Gasteiger charge is -2.45. The number of piperazine rings is 1. The van der Waals surface area contributed by atoms with E-state index in [0.29, 0.717) is 0 Å². The van der Waals surface area contributed by atoms with Crippen molar-refractivity contribution >= 4 is 0 Å². The van der Waals surface area contributed by atoms with Gasteiger partial charge in [0.2, 0.25) is 0 Å². The summed E-state index contributed by atoms with van der Waals surface area (Å²) >= 11 is 0. The zero-order valence-electron chi connectivity index (χ0n) is 14.7. The monoisotopic (exact) mass is 294 g/mol.